The number of hydrogen-bond donors (Lipinski definition) is 0. The van der Waals surface area contributed by atoms with Gasteiger partial charge in [-0.1, -0.05) is 79.7 Å². The molecule has 2 atom stereocenters. The van der Waals surface area contributed by atoms with Crippen molar-refractivity contribution in [3.05, 3.63) is 102 Å². The van der Waals surface area contributed by atoms with E-state index < -0.39 is 0 Å². The molecule has 0 bridgehead atoms. The van der Waals surface area contributed by atoms with Gasteiger partial charge in [0.05, 0.1) is 18.3 Å². The van der Waals surface area contributed by atoms with Gasteiger partial charge >= 0.3 is 7.12 Å². The maximum atomic E-state index is 6.55. The van der Waals surface area contributed by atoms with Crippen molar-refractivity contribution in [3.63, 3.8) is 0 Å². The maximum absolute atomic E-state index is 6.55. The second kappa shape index (κ2) is 10.6. The highest BCUT2D eigenvalue weighted by molar-refractivity contribution is 6.47. The van der Waals surface area contributed by atoms with Gasteiger partial charge in [0.25, 0.3) is 0 Å². The molecule has 1 saturated heterocycles. The van der Waals surface area contributed by atoms with Gasteiger partial charge in [0.2, 0.25) is 0 Å². The Morgan fingerprint density at radius 3 is 1.63 bits per heavy atom. The molecule has 35 heavy (non-hydrogen) atoms. The lowest BCUT2D eigenvalue weighted by atomic mass is 9.66. The third-order valence-corrected chi connectivity index (χ3v) is 7.51. The lowest BCUT2D eigenvalue weighted by Gasteiger charge is -2.37. The lowest BCUT2D eigenvalue weighted by molar-refractivity contribution is 0.00578. The third-order valence-electron chi connectivity index (χ3n) is 7.51. The molecule has 4 rings (SSSR count). The Morgan fingerprint density at radius 2 is 1.20 bits per heavy atom. The van der Waals surface area contributed by atoms with E-state index in [0.717, 1.165) is 18.8 Å². The maximum Gasteiger partial charge on any atom is 0.462 e. The van der Waals surface area contributed by atoms with Crippen molar-refractivity contribution in [1.82, 2.24) is 4.90 Å². The first kappa shape index (κ1) is 25.5. The monoisotopic (exact) mass is 471 g/mol. The molecule has 1 aliphatic rings. The number of rotatable bonds is 9. The van der Waals surface area contributed by atoms with Gasteiger partial charge in [-0.25, -0.2) is 0 Å². The minimum Gasteiger partial charge on any atom is -0.497 e. The van der Waals surface area contributed by atoms with Crippen LogP contribution in [-0.2, 0) is 22.4 Å². The van der Waals surface area contributed by atoms with Gasteiger partial charge in [-0.05, 0) is 56.5 Å². The molecule has 1 aliphatic heterocycles. The minimum absolute atomic E-state index is 0.0658. The molecule has 5 heteroatoms. The highest BCUT2D eigenvalue weighted by Crippen LogP contribution is 2.45. The molecule has 1 heterocycles. The van der Waals surface area contributed by atoms with Gasteiger partial charge in [-0.2, -0.15) is 0 Å². The van der Waals surface area contributed by atoms with Gasteiger partial charge in [0.15, 0.2) is 0 Å². The average Bonchev–Trinajstić information content (AvgIpc) is 3.07. The lowest BCUT2D eigenvalue weighted by Crippen LogP contribution is -2.41. The third kappa shape index (κ3) is 5.80. The van der Waals surface area contributed by atoms with Crippen LogP contribution < -0.4 is 4.74 Å². The van der Waals surface area contributed by atoms with E-state index in [9.17, 15) is 0 Å². The predicted octanol–water partition coefficient (Wildman–Crippen LogP) is 6.92. The molecule has 3 aromatic rings. The normalized spacial score (nSPS) is 18.4. The minimum atomic E-state index is -0.375. The molecule has 0 aromatic heterocycles. The largest absolute Gasteiger partial charge is 0.497 e. The molecule has 0 amide bonds. The van der Waals surface area contributed by atoms with E-state index in [1.807, 2.05) is 12.1 Å². The molecule has 0 aliphatic carbocycles. The van der Waals surface area contributed by atoms with E-state index in [2.05, 4.69) is 112 Å². The van der Waals surface area contributed by atoms with E-state index in [1.54, 1.807) is 7.11 Å². The first-order valence-electron chi connectivity index (χ1n) is 12.5. The molecule has 0 radical (unpaired) electrons. The van der Waals surface area contributed by atoms with Crippen molar-refractivity contribution in [3.8, 4) is 5.75 Å². The van der Waals surface area contributed by atoms with Gasteiger partial charge < -0.3 is 14.0 Å². The van der Waals surface area contributed by atoms with Crippen LogP contribution in [0.2, 0.25) is 5.82 Å². The molecular formula is C30H38BNO3. The first-order chi connectivity index (χ1) is 16.7. The van der Waals surface area contributed by atoms with Gasteiger partial charge in [0, 0.05) is 24.9 Å². The van der Waals surface area contributed by atoms with Crippen molar-refractivity contribution >= 4 is 7.12 Å². The van der Waals surface area contributed by atoms with Gasteiger partial charge in [-0.3, -0.25) is 4.90 Å². The standard InChI is InChI=1S/C30H38BNO3/c1-23(31-34-29(2,3)30(4,5)35-31)28(26-17-19-27(33-6)20-18-26)32(21-24-13-9-7-10-14-24)22-25-15-11-8-12-16-25/h7-20,23,28H,21-22H2,1-6H3/t23-,28+/m0/s1. The molecule has 3 aromatic carbocycles. The Labute approximate surface area is 211 Å². The topological polar surface area (TPSA) is 30.9 Å². The summed E-state index contributed by atoms with van der Waals surface area (Å²) in [5.74, 6) is 0.935. The number of ether oxygens (including phenoxy) is 1. The van der Waals surface area contributed by atoms with Crippen molar-refractivity contribution in [1.29, 1.82) is 0 Å². The highest BCUT2D eigenvalue weighted by Gasteiger charge is 2.54. The fourth-order valence-corrected chi connectivity index (χ4v) is 4.79. The Balaban J connectivity index is 1.74. The van der Waals surface area contributed by atoms with Crippen LogP contribution in [0.3, 0.4) is 0 Å². The van der Waals surface area contributed by atoms with Crippen LogP contribution in [0.5, 0.6) is 5.75 Å². The summed E-state index contributed by atoms with van der Waals surface area (Å²) in [5.41, 5.74) is 3.03. The summed E-state index contributed by atoms with van der Waals surface area (Å²) in [4.78, 5) is 2.54. The van der Waals surface area contributed by atoms with Crippen LogP contribution in [0, 0.1) is 0 Å². The summed E-state index contributed by atoms with van der Waals surface area (Å²) in [5, 5.41) is 0. The van der Waals surface area contributed by atoms with Crippen LogP contribution in [0.1, 0.15) is 57.4 Å². The van der Waals surface area contributed by atoms with Crippen molar-refractivity contribution < 1.29 is 14.0 Å². The van der Waals surface area contributed by atoms with Crippen LogP contribution in [0.4, 0.5) is 0 Å². The fraction of sp³-hybridized carbons (Fsp3) is 0.400. The molecular weight excluding hydrogens is 433 g/mol. The number of methoxy groups -OCH3 is 1. The zero-order valence-electron chi connectivity index (χ0n) is 21.9. The molecule has 0 saturated carbocycles. The quantitative estimate of drug-likeness (QED) is 0.317. The number of hydrogen-bond acceptors (Lipinski definition) is 4. The number of nitrogens with zero attached hydrogens (tertiary/aromatic N) is 1. The van der Waals surface area contributed by atoms with E-state index >= 15 is 0 Å². The van der Waals surface area contributed by atoms with E-state index in [1.165, 1.54) is 16.7 Å². The van der Waals surface area contributed by atoms with E-state index in [-0.39, 0.29) is 30.2 Å². The molecule has 184 valence electrons. The van der Waals surface area contributed by atoms with Gasteiger partial charge in [-0.15, -0.1) is 0 Å². The van der Waals surface area contributed by atoms with Crippen molar-refractivity contribution in [2.24, 2.45) is 0 Å². The van der Waals surface area contributed by atoms with Gasteiger partial charge in [0.1, 0.15) is 5.75 Å². The first-order valence-corrected chi connectivity index (χ1v) is 12.5. The molecule has 1 fully saturated rings. The summed E-state index contributed by atoms with van der Waals surface area (Å²) < 4.78 is 18.6. The van der Waals surface area contributed by atoms with Crippen LogP contribution in [0.25, 0.3) is 0 Å². The second-order valence-corrected chi connectivity index (χ2v) is 10.6. The SMILES string of the molecule is COc1ccc([C@@H]([C@H](C)B2OC(C)(C)C(C)(C)O2)N(Cc2ccccc2)Cc2ccccc2)cc1. The van der Waals surface area contributed by atoms with Crippen LogP contribution in [-0.4, -0.2) is 30.3 Å². The number of benzene rings is 3. The Hall–Kier alpha value is -2.60. The average molecular weight is 471 g/mol. The summed E-state index contributed by atoms with van der Waals surface area (Å²) >= 11 is 0. The summed E-state index contributed by atoms with van der Waals surface area (Å²) in [6, 6.07) is 29.9. The highest BCUT2D eigenvalue weighted by atomic mass is 16.7. The second-order valence-electron chi connectivity index (χ2n) is 10.6. The summed E-state index contributed by atoms with van der Waals surface area (Å²) in [7, 11) is 1.39. The van der Waals surface area contributed by atoms with E-state index in [0.29, 0.717) is 0 Å². The summed E-state index contributed by atoms with van der Waals surface area (Å²) in [6.45, 7) is 12.4. The molecule has 0 spiro atoms. The Kier molecular flexibility index (Phi) is 7.70. The van der Waals surface area contributed by atoms with Crippen molar-refractivity contribution in [2.45, 2.75) is 70.8 Å². The zero-order valence-corrected chi connectivity index (χ0v) is 21.9. The van der Waals surface area contributed by atoms with Crippen molar-refractivity contribution in [2.75, 3.05) is 7.11 Å². The fourth-order valence-electron chi connectivity index (χ4n) is 4.79. The Bertz CT molecular complexity index is 1010. The molecule has 0 N–H and O–H groups in total. The summed E-state index contributed by atoms with van der Waals surface area (Å²) in [6.07, 6.45) is 0. The van der Waals surface area contributed by atoms with Crippen LogP contribution in [0.15, 0.2) is 84.9 Å². The zero-order chi connectivity index (χ0) is 25.1. The smallest absolute Gasteiger partial charge is 0.462 e. The molecule has 4 nitrogen and oxygen atoms in total. The Morgan fingerprint density at radius 1 is 0.743 bits per heavy atom. The predicted molar refractivity (Wildman–Crippen MR) is 143 cm³/mol. The van der Waals surface area contributed by atoms with E-state index in [4.69, 9.17) is 14.0 Å². The van der Waals surface area contributed by atoms with Crippen LogP contribution >= 0.6 is 0 Å². The molecule has 0 unspecified atom stereocenters.